The topological polar surface area (TPSA) is 310 Å². The smallest absolute Gasteiger partial charge is 0.408 e. The van der Waals surface area contributed by atoms with Crippen molar-refractivity contribution in [1.29, 1.82) is 0 Å². The summed E-state index contributed by atoms with van der Waals surface area (Å²) in [4.78, 5) is 52.2. The minimum atomic E-state index is -1.70. The maximum Gasteiger partial charge on any atom is 0.408 e. The molecule has 0 aromatic carbocycles. The van der Waals surface area contributed by atoms with Gasteiger partial charge in [-0.15, -0.1) is 0 Å². The number of amides is 4. The molecular weight excluding hydrogens is 901 g/mol. The van der Waals surface area contributed by atoms with Crippen LogP contribution in [0.1, 0.15) is 123 Å². The number of hydrogen-bond acceptors (Lipinski definition) is 19. The standard InChI is InChI=1S/C45H80N4O19/c1-16-22-17-25(50)27(49-41(58)68-45(13,14)15)36(60-22)62-32-21(3)59-37(31(32)54)64-34-29(52)23(47-39(56)66-43(7,8)9)18-24(48-40(57)67-44(10,11)12)33(34)63-35-20(2)28(51)30(53)26(61-35)19-46-38(55)65-42(4,5)6/h20-37,50-54H,16-19H2,1-15H3,(H,46,55)(H,47,56)(H,48,57)(H,49,58)/t20?,21?,22?,23-,24+,25?,26-,27?,28-,29+,30-,31?,32?,33?,34?,35-,36?,37?/m1/s1. The molecule has 4 fully saturated rings. The van der Waals surface area contributed by atoms with E-state index in [1.807, 2.05) is 6.92 Å². The Kier molecular flexibility index (Phi) is 19.2. The SMILES string of the molecule is CCC1CC(O)C(NC(=O)OC(C)(C)C)C(OC2C(C)OC(OC3C(O[C@H]4O[C@H](CNC(=O)OC(C)(C)C)[C@@H](O)[C@H](O)C4C)[C@@H](NC(=O)OC(C)(C)C)C[C@@H](NC(=O)OC(C)(C)C)[C@@H]3O)C2O)O1. The van der Waals surface area contributed by atoms with Crippen molar-refractivity contribution in [2.24, 2.45) is 5.92 Å². The van der Waals surface area contributed by atoms with Crippen LogP contribution < -0.4 is 21.3 Å². The highest BCUT2D eigenvalue weighted by molar-refractivity contribution is 5.70. The van der Waals surface area contributed by atoms with Crippen LogP contribution in [0, 0.1) is 5.92 Å². The Labute approximate surface area is 399 Å². The molecule has 4 aliphatic rings. The minimum Gasteiger partial charge on any atom is -0.444 e. The van der Waals surface area contributed by atoms with E-state index >= 15 is 0 Å². The largest absolute Gasteiger partial charge is 0.444 e. The number of carbonyl (C=O) groups is 4. The van der Waals surface area contributed by atoms with E-state index < -0.39 is 157 Å². The van der Waals surface area contributed by atoms with E-state index in [4.69, 9.17) is 47.4 Å². The number of ether oxygens (including phenoxy) is 10. The number of carbonyl (C=O) groups excluding carboxylic acids is 4. The van der Waals surface area contributed by atoms with Gasteiger partial charge in [0.1, 0.15) is 71.2 Å². The van der Waals surface area contributed by atoms with Gasteiger partial charge in [-0.2, -0.15) is 0 Å². The van der Waals surface area contributed by atoms with E-state index in [9.17, 15) is 44.7 Å². The molecule has 3 heterocycles. The summed E-state index contributed by atoms with van der Waals surface area (Å²) in [6.07, 6.45) is -21.9. The zero-order valence-corrected chi connectivity index (χ0v) is 42.2. The third-order valence-electron chi connectivity index (χ3n) is 11.2. The summed E-state index contributed by atoms with van der Waals surface area (Å²) in [5.74, 6) is -0.980. The van der Waals surface area contributed by atoms with Gasteiger partial charge in [0.15, 0.2) is 18.9 Å². The summed E-state index contributed by atoms with van der Waals surface area (Å²) in [7, 11) is 0. The summed E-state index contributed by atoms with van der Waals surface area (Å²) in [5, 5.41) is 68.2. The summed E-state index contributed by atoms with van der Waals surface area (Å²) in [6, 6.07) is -3.55. The first-order valence-electron chi connectivity index (χ1n) is 23.4. The first kappa shape index (κ1) is 57.2. The number of nitrogens with one attached hydrogen (secondary N) is 4. The minimum absolute atomic E-state index is 0.167. The molecule has 3 saturated heterocycles. The number of aliphatic hydroxyl groups is 5. The quantitative estimate of drug-likeness (QED) is 0.127. The predicted octanol–water partition coefficient (Wildman–Crippen LogP) is 2.19. The normalized spacial score (nSPS) is 37.1. The Hall–Kier alpha value is -3.36. The molecule has 1 saturated carbocycles. The lowest BCUT2D eigenvalue weighted by Crippen LogP contribution is -2.68. The van der Waals surface area contributed by atoms with Gasteiger partial charge in [-0.1, -0.05) is 13.8 Å². The van der Waals surface area contributed by atoms with Gasteiger partial charge in [0, 0.05) is 18.9 Å². The van der Waals surface area contributed by atoms with E-state index in [0.717, 1.165) is 0 Å². The first-order chi connectivity index (χ1) is 31.1. The van der Waals surface area contributed by atoms with Crippen molar-refractivity contribution < 1.29 is 92.1 Å². The van der Waals surface area contributed by atoms with Gasteiger partial charge < -0.3 is 94.2 Å². The molecule has 23 nitrogen and oxygen atoms in total. The molecule has 1 aliphatic carbocycles. The van der Waals surface area contributed by atoms with Crippen LogP contribution in [0.3, 0.4) is 0 Å². The summed E-state index contributed by atoms with van der Waals surface area (Å²) in [6.45, 7) is 24.6. The van der Waals surface area contributed by atoms with Crippen molar-refractivity contribution in [3.63, 3.8) is 0 Å². The molecule has 23 heteroatoms. The van der Waals surface area contributed by atoms with Crippen molar-refractivity contribution in [3.05, 3.63) is 0 Å². The van der Waals surface area contributed by atoms with Crippen molar-refractivity contribution in [3.8, 4) is 0 Å². The van der Waals surface area contributed by atoms with Crippen molar-refractivity contribution in [2.45, 2.75) is 250 Å². The Morgan fingerprint density at radius 3 is 1.54 bits per heavy atom. The van der Waals surface area contributed by atoms with Crippen LogP contribution in [0.4, 0.5) is 19.2 Å². The van der Waals surface area contributed by atoms with Crippen LogP contribution >= 0.6 is 0 Å². The molecular formula is C45H80N4O19. The molecule has 0 aromatic heterocycles. The molecule has 18 atom stereocenters. The average molecular weight is 981 g/mol. The fourth-order valence-corrected chi connectivity index (χ4v) is 8.11. The number of hydrogen-bond donors (Lipinski definition) is 9. The highest BCUT2D eigenvalue weighted by Crippen LogP contribution is 2.37. The van der Waals surface area contributed by atoms with Crippen LogP contribution in [0.15, 0.2) is 0 Å². The molecule has 0 radical (unpaired) electrons. The van der Waals surface area contributed by atoms with E-state index in [-0.39, 0.29) is 19.4 Å². The average Bonchev–Trinajstić information content (AvgIpc) is 3.42. The molecule has 0 bridgehead atoms. The second-order valence-electron chi connectivity index (χ2n) is 22.0. The Morgan fingerprint density at radius 2 is 1.01 bits per heavy atom. The molecule has 3 aliphatic heterocycles. The molecule has 4 rings (SSSR count). The van der Waals surface area contributed by atoms with Crippen LogP contribution in [-0.2, 0) is 47.4 Å². The van der Waals surface area contributed by atoms with Gasteiger partial charge >= 0.3 is 24.4 Å². The van der Waals surface area contributed by atoms with Crippen LogP contribution in [0.5, 0.6) is 0 Å². The molecule has 0 spiro atoms. The second kappa shape index (κ2) is 22.8. The molecule has 9 N–H and O–H groups in total. The maximum atomic E-state index is 13.5. The lowest BCUT2D eigenvalue weighted by Gasteiger charge is -2.48. The number of aliphatic hydroxyl groups excluding tert-OH is 5. The lowest BCUT2D eigenvalue weighted by molar-refractivity contribution is -0.319. The van der Waals surface area contributed by atoms with Crippen molar-refractivity contribution in [2.75, 3.05) is 6.54 Å². The zero-order chi connectivity index (χ0) is 51.4. The molecule has 394 valence electrons. The number of alkyl carbamates (subject to hydrolysis) is 4. The van der Waals surface area contributed by atoms with E-state index in [1.165, 1.54) is 6.92 Å². The van der Waals surface area contributed by atoms with Gasteiger partial charge in [0.25, 0.3) is 0 Å². The Balaban J connectivity index is 1.70. The highest BCUT2D eigenvalue weighted by Gasteiger charge is 2.55. The van der Waals surface area contributed by atoms with Gasteiger partial charge in [-0.05, 0) is 103 Å². The summed E-state index contributed by atoms with van der Waals surface area (Å²) >= 11 is 0. The molecule has 0 aromatic rings. The van der Waals surface area contributed by atoms with Crippen LogP contribution in [0.2, 0.25) is 0 Å². The zero-order valence-electron chi connectivity index (χ0n) is 42.2. The van der Waals surface area contributed by atoms with E-state index in [0.29, 0.717) is 6.42 Å². The third kappa shape index (κ3) is 16.6. The van der Waals surface area contributed by atoms with Gasteiger partial charge in [-0.3, -0.25) is 0 Å². The van der Waals surface area contributed by atoms with Crippen molar-refractivity contribution >= 4 is 24.4 Å². The van der Waals surface area contributed by atoms with Crippen molar-refractivity contribution in [1.82, 2.24) is 21.3 Å². The fraction of sp³-hybridized carbons (Fsp3) is 0.911. The highest BCUT2D eigenvalue weighted by atomic mass is 16.8. The summed E-state index contributed by atoms with van der Waals surface area (Å²) < 4.78 is 59.7. The fourth-order valence-electron chi connectivity index (χ4n) is 8.11. The molecule has 68 heavy (non-hydrogen) atoms. The van der Waals surface area contributed by atoms with Crippen LogP contribution in [-0.4, -0.2) is 183 Å². The predicted molar refractivity (Wildman–Crippen MR) is 239 cm³/mol. The van der Waals surface area contributed by atoms with E-state index in [2.05, 4.69) is 21.3 Å². The Bertz CT molecular complexity index is 1680. The first-order valence-corrected chi connectivity index (χ1v) is 23.4. The van der Waals surface area contributed by atoms with Gasteiger partial charge in [0.05, 0.1) is 36.5 Å². The molecule has 4 amide bonds. The van der Waals surface area contributed by atoms with Crippen LogP contribution in [0.25, 0.3) is 0 Å². The monoisotopic (exact) mass is 981 g/mol. The lowest BCUT2D eigenvalue weighted by atomic mass is 9.83. The number of rotatable bonds is 12. The third-order valence-corrected chi connectivity index (χ3v) is 11.2. The summed E-state index contributed by atoms with van der Waals surface area (Å²) in [5.41, 5.74) is -3.63. The maximum absolute atomic E-state index is 13.5. The second-order valence-corrected chi connectivity index (χ2v) is 22.0. The van der Waals surface area contributed by atoms with Gasteiger partial charge in [0.2, 0.25) is 0 Å². The molecule has 11 unspecified atom stereocenters. The van der Waals surface area contributed by atoms with Gasteiger partial charge in [-0.25, -0.2) is 19.2 Å². The van der Waals surface area contributed by atoms with E-state index in [1.54, 1.807) is 90.0 Å². The Morgan fingerprint density at radius 1 is 0.529 bits per heavy atom.